The zero-order chi connectivity index (χ0) is 20.8. The van der Waals surface area contributed by atoms with E-state index in [1.807, 2.05) is 54.6 Å². The van der Waals surface area contributed by atoms with Gasteiger partial charge in [-0.1, -0.05) is 35.5 Å². The van der Waals surface area contributed by atoms with Gasteiger partial charge in [0, 0.05) is 30.9 Å². The number of rotatable bonds is 7. The number of carbonyl (C=O) groups excluding carboxylic acids is 1. The molecule has 1 fully saturated rings. The Labute approximate surface area is 175 Å². The number of benzene rings is 2. The number of ether oxygens (including phenoxy) is 2. The molecule has 0 aliphatic carbocycles. The molecule has 0 spiro atoms. The monoisotopic (exact) mass is 407 g/mol. The van der Waals surface area contributed by atoms with Gasteiger partial charge in [-0.15, -0.1) is 0 Å². The molecule has 4 rings (SSSR count). The molecule has 2 aromatic carbocycles. The first-order chi connectivity index (χ1) is 14.7. The summed E-state index contributed by atoms with van der Waals surface area (Å²) in [5.41, 5.74) is 2.49. The number of amides is 1. The summed E-state index contributed by atoms with van der Waals surface area (Å²) in [6.07, 6.45) is 0. The smallest absolute Gasteiger partial charge is 0.261 e. The summed E-state index contributed by atoms with van der Waals surface area (Å²) in [6.45, 7) is 6.68. The molecule has 0 unspecified atom stereocenters. The van der Waals surface area contributed by atoms with Crippen LogP contribution in [-0.4, -0.2) is 55.4 Å². The van der Waals surface area contributed by atoms with Crippen LogP contribution in [0, 0.1) is 6.92 Å². The van der Waals surface area contributed by atoms with Crippen LogP contribution in [0.5, 0.6) is 5.75 Å². The van der Waals surface area contributed by atoms with E-state index in [1.54, 1.807) is 6.92 Å². The molecule has 30 heavy (non-hydrogen) atoms. The summed E-state index contributed by atoms with van der Waals surface area (Å²) in [5, 5.41) is 6.98. The number of aromatic nitrogens is 1. The van der Waals surface area contributed by atoms with Gasteiger partial charge in [-0.05, 0) is 31.2 Å². The normalized spacial score (nSPS) is 14.4. The lowest BCUT2D eigenvalue weighted by molar-refractivity contribution is 0.0322. The van der Waals surface area contributed by atoms with E-state index in [1.165, 1.54) is 0 Å². The maximum Gasteiger partial charge on any atom is 0.261 e. The lowest BCUT2D eigenvalue weighted by atomic mass is 10.1. The number of aryl methyl sites for hydroxylation is 1. The summed E-state index contributed by atoms with van der Waals surface area (Å²) in [4.78, 5) is 15.2. The molecule has 0 saturated carbocycles. The number of hydrogen-bond acceptors (Lipinski definition) is 6. The molecule has 156 valence electrons. The second-order valence-electron chi connectivity index (χ2n) is 7.11. The zero-order valence-corrected chi connectivity index (χ0v) is 17.0. The van der Waals surface area contributed by atoms with Crippen LogP contribution >= 0.6 is 0 Å². The minimum atomic E-state index is -0.256. The number of nitrogens with one attached hydrogen (secondary N) is 1. The van der Waals surface area contributed by atoms with Gasteiger partial charge in [0.25, 0.3) is 5.91 Å². The highest BCUT2D eigenvalue weighted by Crippen LogP contribution is 2.26. The molecule has 1 aromatic heterocycles. The van der Waals surface area contributed by atoms with Crippen LogP contribution in [0.4, 0.5) is 5.69 Å². The summed E-state index contributed by atoms with van der Waals surface area (Å²) < 4.78 is 16.4. The van der Waals surface area contributed by atoms with Crippen molar-refractivity contribution in [3.8, 4) is 17.0 Å². The predicted octanol–water partition coefficient (Wildman–Crippen LogP) is 3.61. The molecule has 7 heteroatoms. The SMILES string of the molecule is Cc1onc(-c2ccccc2)c1C(=O)Nc1ccc(OCCN2CCOCC2)cc1. The molecule has 1 N–H and O–H groups in total. The average Bonchev–Trinajstić information content (AvgIpc) is 3.18. The van der Waals surface area contributed by atoms with Gasteiger partial charge in [-0.3, -0.25) is 9.69 Å². The number of nitrogens with zero attached hydrogens (tertiary/aromatic N) is 2. The van der Waals surface area contributed by atoms with Crippen LogP contribution in [0.1, 0.15) is 16.1 Å². The molecule has 0 bridgehead atoms. The van der Waals surface area contributed by atoms with E-state index < -0.39 is 0 Å². The van der Waals surface area contributed by atoms with Gasteiger partial charge < -0.3 is 19.3 Å². The largest absolute Gasteiger partial charge is 0.492 e. The van der Waals surface area contributed by atoms with E-state index in [9.17, 15) is 4.79 Å². The summed E-state index contributed by atoms with van der Waals surface area (Å²) in [5.74, 6) is 0.996. The van der Waals surface area contributed by atoms with E-state index in [0.717, 1.165) is 44.2 Å². The molecule has 1 aliphatic rings. The van der Waals surface area contributed by atoms with Crippen molar-refractivity contribution in [1.82, 2.24) is 10.1 Å². The van der Waals surface area contributed by atoms with Crippen LogP contribution in [0.2, 0.25) is 0 Å². The van der Waals surface area contributed by atoms with Crippen molar-refractivity contribution in [2.24, 2.45) is 0 Å². The van der Waals surface area contributed by atoms with Gasteiger partial charge >= 0.3 is 0 Å². The van der Waals surface area contributed by atoms with E-state index in [0.29, 0.717) is 29.3 Å². The Kier molecular flexibility index (Phi) is 6.41. The van der Waals surface area contributed by atoms with E-state index >= 15 is 0 Å². The lowest BCUT2D eigenvalue weighted by Crippen LogP contribution is -2.38. The molecular formula is C23H25N3O4. The highest BCUT2D eigenvalue weighted by Gasteiger charge is 2.21. The standard InChI is InChI=1S/C23H25N3O4/c1-17-21(22(25-30-17)18-5-3-2-4-6-18)23(27)24-19-7-9-20(10-8-19)29-16-13-26-11-14-28-15-12-26/h2-10H,11-16H2,1H3,(H,24,27). The first kappa shape index (κ1) is 20.1. The van der Waals surface area contributed by atoms with E-state index in [2.05, 4.69) is 15.4 Å². The first-order valence-corrected chi connectivity index (χ1v) is 10.1. The van der Waals surface area contributed by atoms with Crippen LogP contribution in [0.25, 0.3) is 11.3 Å². The van der Waals surface area contributed by atoms with Crippen molar-refractivity contribution in [2.45, 2.75) is 6.92 Å². The van der Waals surface area contributed by atoms with E-state index in [4.69, 9.17) is 14.0 Å². The molecule has 3 aromatic rings. The highest BCUT2D eigenvalue weighted by atomic mass is 16.5. The Balaban J connectivity index is 1.36. The number of anilines is 1. The van der Waals surface area contributed by atoms with Crippen molar-refractivity contribution in [3.63, 3.8) is 0 Å². The summed E-state index contributed by atoms with van der Waals surface area (Å²) in [7, 11) is 0. The lowest BCUT2D eigenvalue weighted by Gasteiger charge is -2.26. The second-order valence-corrected chi connectivity index (χ2v) is 7.11. The average molecular weight is 407 g/mol. The number of carbonyl (C=O) groups is 1. The van der Waals surface area contributed by atoms with Crippen molar-refractivity contribution >= 4 is 11.6 Å². The van der Waals surface area contributed by atoms with E-state index in [-0.39, 0.29) is 5.91 Å². The quantitative estimate of drug-likeness (QED) is 0.645. The van der Waals surface area contributed by atoms with Gasteiger partial charge in [0.15, 0.2) is 0 Å². The van der Waals surface area contributed by atoms with Crippen LogP contribution in [-0.2, 0) is 4.74 Å². The summed E-state index contributed by atoms with van der Waals surface area (Å²) in [6, 6.07) is 16.9. The van der Waals surface area contributed by atoms with Crippen molar-refractivity contribution in [1.29, 1.82) is 0 Å². The fourth-order valence-corrected chi connectivity index (χ4v) is 3.38. The Morgan fingerprint density at radius 3 is 2.57 bits per heavy atom. The third-order valence-corrected chi connectivity index (χ3v) is 5.03. The molecule has 7 nitrogen and oxygen atoms in total. The first-order valence-electron chi connectivity index (χ1n) is 10.1. The fourth-order valence-electron chi connectivity index (χ4n) is 3.38. The van der Waals surface area contributed by atoms with Gasteiger partial charge in [0.05, 0.1) is 13.2 Å². The molecule has 0 radical (unpaired) electrons. The second kappa shape index (κ2) is 9.56. The molecule has 1 aliphatic heterocycles. The third-order valence-electron chi connectivity index (χ3n) is 5.03. The minimum absolute atomic E-state index is 0.256. The Morgan fingerprint density at radius 1 is 1.10 bits per heavy atom. The molecule has 0 atom stereocenters. The van der Waals surface area contributed by atoms with Gasteiger partial charge in [-0.25, -0.2) is 0 Å². The van der Waals surface area contributed by atoms with Gasteiger partial charge in [-0.2, -0.15) is 0 Å². The fraction of sp³-hybridized carbons (Fsp3) is 0.304. The molecule has 1 amide bonds. The maximum absolute atomic E-state index is 12.9. The summed E-state index contributed by atoms with van der Waals surface area (Å²) >= 11 is 0. The minimum Gasteiger partial charge on any atom is -0.492 e. The topological polar surface area (TPSA) is 76.8 Å². The molecule has 1 saturated heterocycles. The number of morpholine rings is 1. The Morgan fingerprint density at radius 2 is 1.83 bits per heavy atom. The third kappa shape index (κ3) is 4.87. The van der Waals surface area contributed by atoms with Crippen LogP contribution < -0.4 is 10.1 Å². The highest BCUT2D eigenvalue weighted by molar-refractivity contribution is 6.08. The zero-order valence-electron chi connectivity index (χ0n) is 17.0. The molecular weight excluding hydrogens is 382 g/mol. The Bertz CT molecular complexity index is 964. The van der Waals surface area contributed by atoms with Crippen LogP contribution in [0.15, 0.2) is 59.1 Å². The predicted molar refractivity (Wildman–Crippen MR) is 114 cm³/mol. The Hall–Kier alpha value is -3.16. The van der Waals surface area contributed by atoms with Gasteiger partial charge in [0.1, 0.15) is 29.4 Å². The van der Waals surface area contributed by atoms with Gasteiger partial charge in [0.2, 0.25) is 0 Å². The van der Waals surface area contributed by atoms with Crippen molar-refractivity contribution in [3.05, 3.63) is 65.9 Å². The molecule has 2 heterocycles. The van der Waals surface area contributed by atoms with Crippen LogP contribution in [0.3, 0.4) is 0 Å². The maximum atomic E-state index is 12.9. The van der Waals surface area contributed by atoms with Crippen molar-refractivity contribution in [2.75, 3.05) is 44.8 Å². The number of hydrogen-bond donors (Lipinski definition) is 1. The van der Waals surface area contributed by atoms with Crippen molar-refractivity contribution < 1.29 is 18.8 Å².